The Morgan fingerprint density at radius 1 is 0.500 bits per heavy atom. The number of Topliss-reactive ketones (excluding diaryl/α,β-unsaturated/α-hetero) is 2. The third kappa shape index (κ3) is 4.88. The van der Waals surface area contributed by atoms with Crippen molar-refractivity contribution in [1.82, 2.24) is 0 Å². The molecular formula is C44H24Br2O2. The summed E-state index contributed by atoms with van der Waals surface area (Å²) in [7, 11) is 0. The van der Waals surface area contributed by atoms with Gasteiger partial charge in [0.15, 0.2) is 5.78 Å². The summed E-state index contributed by atoms with van der Waals surface area (Å²) >= 11 is 7.36. The Labute approximate surface area is 295 Å². The zero-order valence-electron chi connectivity index (χ0n) is 25.4. The van der Waals surface area contributed by atoms with Crippen LogP contribution in [-0.4, -0.2) is 11.6 Å². The van der Waals surface area contributed by atoms with E-state index in [2.05, 4.69) is 85.8 Å². The van der Waals surface area contributed by atoms with E-state index in [9.17, 15) is 4.79 Å². The molecule has 0 atom stereocenters. The third-order valence-electron chi connectivity index (χ3n) is 9.03. The predicted molar refractivity (Wildman–Crippen MR) is 199 cm³/mol. The first-order valence-electron chi connectivity index (χ1n) is 15.5. The van der Waals surface area contributed by atoms with Gasteiger partial charge in [-0.05, 0) is 74.7 Å². The molecule has 0 fully saturated rings. The quantitative estimate of drug-likeness (QED) is 0.0591. The van der Waals surface area contributed by atoms with E-state index < -0.39 is 5.41 Å². The molecule has 0 saturated heterocycles. The molecule has 0 bridgehead atoms. The molecule has 2 nitrogen and oxygen atoms in total. The minimum atomic E-state index is -1.31. The van der Waals surface area contributed by atoms with Gasteiger partial charge in [-0.2, -0.15) is 0 Å². The van der Waals surface area contributed by atoms with E-state index in [0.717, 1.165) is 59.0 Å². The second-order valence-electron chi connectivity index (χ2n) is 11.7. The zero-order valence-corrected chi connectivity index (χ0v) is 28.6. The Balaban J connectivity index is 1.54. The van der Waals surface area contributed by atoms with Crippen LogP contribution >= 0.6 is 31.9 Å². The Morgan fingerprint density at radius 2 is 0.979 bits per heavy atom. The lowest BCUT2D eigenvalue weighted by atomic mass is 9.70. The lowest BCUT2D eigenvalue weighted by Gasteiger charge is -2.28. The van der Waals surface area contributed by atoms with Gasteiger partial charge in [0.05, 0.1) is 5.57 Å². The number of rotatable bonds is 4. The monoisotopic (exact) mass is 742 g/mol. The second-order valence-corrected chi connectivity index (χ2v) is 13.6. The summed E-state index contributed by atoms with van der Waals surface area (Å²) < 4.78 is 1.84. The van der Waals surface area contributed by atoms with Crippen LogP contribution in [0.5, 0.6) is 0 Å². The number of carbonyl (C=O) groups is 2. The van der Waals surface area contributed by atoms with Crippen LogP contribution in [0.15, 0.2) is 166 Å². The van der Waals surface area contributed by atoms with Gasteiger partial charge in [-0.25, -0.2) is 0 Å². The standard InChI is InChI=1S/C44H24Br2O2/c45-30-19-21-32-33-22-20-31(46)26-37(33)38(36(32)25-30)27-41(43(48)29-13-5-2-6-14-29)44(24-23-42(47)28-11-3-1-4-12-28)39-17-9-7-15-34(39)35-16-8-10-18-40(35)44/h1-22,25-26H. The number of allylic oxidation sites excluding steroid dienone is 1. The first-order chi connectivity index (χ1) is 23.5. The maximum atomic E-state index is 15.1. The van der Waals surface area contributed by atoms with Crippen molar-refractivity contribution in [3.05, 3.63) is 199 Å². The average Bonchev–Trinajstić information content (AvgIpc) is 3.58. The Kier molecular flexibility index (Phi) is 7.55. The molecular weight excluding hydrogens is 720 g/mol. The molecule has 8 rings (SSSR count). The van der Waals surface area contributed by atoms with Crippen molar-refractivity contribution in [2.45, 2.75) is 5.41 Å². The van der Waals surface area contributed by atoms with Gasteiger partial charge in [-0.3, -0.25) is 9.59 Å². The molecule has 0 heterocycles. The van der Waals surface area contributed by atoms with Crippen molar-refractivity contribution in [2.75, 3.05) is 0 Å². The molecule has 2 aliphatic rings. The fraction of sp³-hybridized carbons (Fsp3) is 0.0227. The van der Waals surface area contributed by atoms with E-state index in [1.807, 2.05) is 97.1 Å². The van der Waals surface area contributed by atoms with Crippen molar-refractivity contribution < 1.29 is 9.59 Å². The van der Waals surface area contributed by atoms with Crippen molar-refractivity contribution >= 4 is 49.0 Å². The van der Waals surface area contributed by atoms with Gasteiger partial charge >= 0.3 is 0 Å². The summed E-state index contributed by atoms with van der Waals surface area (Å²) in [6.07, 6.45) is 0. The summed E-state index contributed by atoms with van der Waals surface area (Å²) in [5.74, 6) is 5.92. The van der Waals surface area contributed by atoms with E-state index >= 15 is 4.79 Å². The minimum Gasteiger partial charge on any atom is -0.288 e. The van der Waals surface area contributed by atoms with E-state index in [4.69, 9.17) is 0 Å². The molecule has 0 radical (unpaired) electrons. The van der Waals surface area contributed by atoms with Gasteiger partial charge in [-0.1, -0.05) is 159 Å². The van der Waals surface area contributed by atoms with Crippen LogP contribution in [0.25, 0.3) is 27.8 Å². The highest BCUT2D eigenvalue weighted by Crippen LogP contribution is 2.54. The van der Waals surface area contributed by atoms with Crippen LogP contribution in [-0.2, 0) is 5.41 Å². The predicted octanol–water partition coefficient (Wildman–Crippen LogP) is 10.9. The van der Waals surface area contributed by atoms with E-state index in [1.165, 1.54) is 0 Å². The van der Waals surface area contributed by atoms with Crippen LogP contribution in [0.1, 0.15) is 43.0 Å². The number of fused-ring (bicyclic) bond motifs is 6. The van der Waals surface area contributed by atoms with Crippen molar-refractivity contribution in [3.63, 3.8) is 0 Å². The van der Waals surface area contributed by atoms with E-state index in [1.54, 1.807) is 12.1 Å². The van der Waals surface area contributed by atoms with Crippen molar-refractivity contribution in [2.24, 2.45) is 0 Å². The summed E-state index contributed by atoms with van der Waals surface area (Å²) in [6, 6.07) is 46.8. The number of ketones is 2. The SMILES string of the molecule is O=C(C#CC1(C(=C=C2c3cc(Br)ccc3-c3ccc(Br)cc32)C(=O)c2ccccc2)c2ccccc2-c2ccccc21)c1ccccc1. The van der Waals surface area contributed by atoms with Crippen LogP contribution in [0.3, 0.4) is 0 Å². The molecule has 0 unspecified atom stereocenters. The summed E-state index contributed by atoms with van der Waals surface area (Å²) in [5.41, 5.74) is 12.2. The molecule has 2 aliphatic carbocycles. The fourth-order valence-corrected chi connectivity index (χ4v) is 7.61. The van der Waals surface area contributed by atoms with Crippen LogP contribution in [0.4, 0.5) is 0 Å². The molecule has 0 aromatic heterocycles. The van der Waals surface area contributed by atoms with Gasteiger partial charge in [0.1, 0.15) is 5.41 Å². The molecule has 0 N–H and O–H groups in total. The summed E-state index contributed by atoms with van der Waals surface area (Å²) in [6.45, 7) is 0. The fourth-order valence-electron chi connectivity index (χ4n) is 6.89. The topological polar surface area (TPSA) is 34.1 Å². The van der Waals surface area contributed by atoms with Crippen molar-refractivity contribution in [3.8, 4) is 34.1 Å². The third-order valence-corrected chi connectivity index (χ3v) is 10.0. The van der Waals surface area contributed by atoms with Crippen LogP contribution < -0.4 is 0 Å². The number of carbonyl (C=O) groups excluding carboxylic acids is 2. The molecule has 6 aromatic rings. The normalized spacial score (nSPS) is 12.8. The minimum absolute atomic E-state index is 0.212. The molecule has 48 heavy (non-hydrogen) atoms. The number of hydrogen-bond donors (Lipinski definition) is 0. The molecule has 226 valence electrons. The highest BCUT2D eigenvalue weighted by molar-refractivity contribution is 9.10. The van der Waals surface area contributed by atoms with Gasteiger partial charge in [0.2, 0.25) is 5.78 Å². The molecule has 6 aromatic carbocycles. The zero-order chi connectivity index (χ0) is 32.8. The van der Waals surface area contributed by atoms with Gasteiger partial charge in [0, 0.05) is 25.6 Å². The number of hydrogen-bond acceptors (Lipinski definition) is 2. The van der Waals surface area contributed by atoms with Gasteiger partial charge in [0.25, 0.3) is 0 Å². The molecule has 0 amide bonds. The first-order valence-corrected chi connectivity index (χ1v) is 17.1. The maximum Gasteiger partial charge on any atom is 0.235 e. The molecule has 0 spiro atoms. The van der Waals surface area contributed by atoms with Gasteiger partial charge < -0.3 is 0 Å². The number of halogens is 2. The Bertz CT molecular complexity index is 2340. The lowest BCUT2D eigenvalue weighted by molar-refractivity contribution is 0.102. The smallest absolute Gasteiger partial charge is 0.235 e. The highest BCUT2D eigenvalue weighted by atomic mass is 79.9. The van der Waals surface area contributed by atoms with Gasteiger partial charge in [-0.15, -0.1) is 5.73 Å². The lowest BCUT2D eigenvalue weighted by Crippen LogP contribution is -2.31. The first kappa shape index (κ1) is 30.1. The average molecular weight is 744 g/mol. The summed E-state index contributed by atoms with van der Waals surface area (Å²) in [4.78, 5) is 28.8. The molecule has 4 heteroatoms. The van der Waals surface area contributed by atoms with Crippen LogP contribution in [0, 0.1) is 11.8 Å². The Hall–Kier alpha value is -5.30. The van der Waals surface area contributed by atoms with E-state index in [-0.39, 0.29) is 11.6 Å². The van der Waals surface area contributed by atoms with Crippen LogP contribution in [0.2, 0.25) is 0 Å². The number of benzene rings is 6. The Morgan fingerprint density at radius 3 is 1.52 bits per heavy atom. The second kappa shape index (κ2) is 12.1. The molecule has 0 aliphatic heterocycles. The highest BCUT2D eigenvalue weighted by Gasteiger charge is 2.48. The van der Waals surface area contributed by atoms with E-state index in [0.29, 0.717) is 16.7 Å². The summed E-state index contributed by atoms with van der Waals surface area (Å²) in [5, 5.41) is 0. The largest absolute Gasteiger partial charge is 0.288 e. The maximum absolute atomic E-state index is 15.1. The molecule has 0 saturated carbocycles. The van der Waals surface area contributed by atoms with Crippen molar-refractivity contribution in [1.29, 1.82) is 0 Å².